The van der Waals surface area contributed by atoms with E-state index in [0.29, 0.717) is 11.3 Å². The molecule has 130 valence electrons. The molecule has 1 amide bonds. The Morgan fingerprint density at radius 3 is 2.20 bits per heavy atom. The SMILES string of the molecule is C[C@H](Oc1ccccc1)C(=O)O[C@@H](C(=O)NC1CC1)c1ccccc1. The van der Waals surface area contributed by atoms with Crippen LogP contribution < -0.4 is 10.1 Å². The monoisotopic (exact) mass is 339 g/mol. The van der Waals surface area contributed by atoms with Crippen molar-refractivity contribution in [3.8, 4) is 5.75 Å². The van der Waals surface area contributed by atoms with Gasteiger partial charge >= 0.3 is 5.97 Å². The number of rotatable bonds is 7. The van der Waals surface area contributed by atoms with Gasteiger partial charge in [-0.3, -0.25) is 4.79 Å². The van der Waals surface area contributed by atoms with Crippen LogP contribution in [-0.4, -0.2) is 24.0 Å². The van der Waals surface area contributed by atoms with E-state index in [4.69, 9.17) is 9.47 Å². The summed E-state index contributed by atoms with van der Waals surface area (Å²) in [5.74, 6) is -0.303. The maximum Gasteiger partial charge on any atom is 0.348 e. The molecule has 1 fully saturated rings. The van der Waals surface area contributed by atoms with E-state index in [1.807, 2.05) is 36.4 Å². The minimum Gasteiger partial charge on any atom is -0.479 e. The van der Waals surface area contributed by atoms with Gasteiger partial charge in [0.15, 0.2) is 6.10 Å². The van der Waals surface area contributed by atoms with Crippen molar-refractivity contribution < 1.29 is 19.1 Å². The molecule has 1 aliphatic rings. The molecule has 5 heteroatoms. The number of nitrogens with one attached hydrogen (secondary N) is 1. The van der Waals surface area contributed by atoms with Crippen LogP contribution in [0.4, 0.5) is 0 Å². The number of carbonyl (C=O) groups is 2. The molecule has 3 rings (SSSR count). The van der Waals surface area contributed by atoms with Crippen molar-refractivity contribution in [2.75, 3.05) is 0 Å². The van der Waals surface area contributed by atoms with Crippen LogP contribution in [0.15, 0.2) is 60.7 Å². The van der Waals surface area contributed by atoms with Crippen molar-refractivity contribution >= 4 is 11.9 Å². The number of hydrogen-bond donors (Lipinski definition) is 1. The summed E-state index contributed by atoms with van der Waals surface area (Å²) in [7, 11) is 0. The summed E-state index contributed by atoms with van der Waals surface area (Å²) in [4.78, 5) is 24.9. The second kappa shape index (κ2) is 7.83. The molecule has 0 saturated heterocycles. The molecule has 1 aliphatic carbocycles. The molecule has 0 aromatic heterocycles. The van der Waals surface area contributed by atoms with E-state index in [0.717, 1.165) is 12.8 Å². The van der Waals surface area contributed by atoms with Gasteiger partial charge < -0.3 is 14.8 Å². The predicted molar refractivity (Wildman–Crippen MR) is 93.0 cm³/mol. The number of para-hydroxylation sites is 1. The van der Waals surface area contributed by atoms with Gasteiger partial charge in [-0.15, -0.1) is 0 Å². The summed E-state index contributed by atoms with van der Waals surface area (Å²) in [6, 6.07) is 18.2. The summed E-state index contributed by atoms with van der Waals surface area (Å²) in [6.45, 7) is 1.61. The fourth-order valence-electron chi connectivity index (χ4n) is 2.37. The number of hydrogen-bond acceptors (Lipinski definition) is 4. The first-order chi connectivity index (χ1) is 12.1. The summed E-state index contributed by atoms with van der Waals surface area (Å²) < 4.78 is 11.1. The van der Waals surface area contributed by atoms with Crippen molar-refractivity contribution in [2.45, 2.75) is 38.0 Å². The Bertz CT molecular complexity index is 713. The third kappa shape index (κ3) is 4.83. The van der Waals surface area contributed by atoms with Crippen LogP contribution in [0, 0.1) is 0 Å². The molecule has 2 aromatic rings. The summed E-state index contributed by atoms with van der Waals surface area (Å²) in [6.07, 6.45) is 0.141. The molecule has 0 heterocycles. The van der Waals surface area contributed by atoms with Crippen LogP contribution in [0.3, 0.4) is 0 Å². The highest BCUT2D eigenvalue weighted by atomic mass is 16.6. The minimum atomic E-state index is -0.976. The lowest BCUT2D eigenvalue weighted by atomic mass is 10.1. The average Bonchev–Trinajstić information content (AvgIpc) is 3.45. The van der Waals surface area contributed by atoms with Crippen molar-refractivity contribution in [2.24, 2.45) is 0 Å². The standard InChI is InChI=1S/C20H21NO4/c1-14(24-17-10-6-3-7-11-17)20(23)25-18(15-8-4-2-5-9-15)19(22)21-16-12-13-16/h2-11,14,16,18H,12-13H2,1H3,(H,21,22)/t14-,18+/m0/s1. The molecule has 5 nitrogen and oxygen atoms in total. The lowest BCUT2D eigenvalue weighted by Gasteiger charge is -2.20. The van der Waals surface area contributed by atoms with Gasteiger partial charge in [0.05, 0.1) is 0 Å². The highest BCUT2D eigenvalue weighted by Gasteiger charge is 2.32. The van der Waals surface area contributed by atoms with Crippen LogP contribution in [0.25, 0.3) is 0 Å². The Morgan fingerprint density at radius 1 is 1.00 bits per heavy atom. The third-order valence-corrected chi connectivity index (χ3v) is 3.89. The summed E-state index contributed by atoms with van der Waals surface area (Å²) >= 11 is 0. The second-order valence-electron chi connectivity index (χ2n) is 6.08. The van der Waals surface area contributed by atoms with Gasteiger partial charge in [0.2, 0.25) is 6.10 Å². The normalized spacial score (nSPS) is 15.7. The smallest absolute Gasteiger partial charge is 0.348 e. The highest BCUT2D eigenvalue weighted by molar-refractivity contribution is 5.86. The van der Waals surface area contributed by atoms with Gasteiger partial charge in [-0.1, -0.05) is 48.5 Å². The van der Waals surface area contributed by atoms with Crippen molar-refractivity contribution in [1.29, 1.82) is 0 Å². The fraction of sp³-hybridized carbons (Fsp3) is 0.300. The van der Waals surface area contributed by atoms with Crippen LogP contribution in [-0.2, 0) is 14.3 Å². The third-order valence-electron chi connectivity index (χ3n) is 3.89. The van der Waals surface area contributed by atoms with E-state index in [1.165, 1.54) is 0 Å². The topological polar surface area (TPSA) is 64.6 Å². The predicted octanol–water partition coefficient (Wildman–Crippen LogP) is 3.02. The molecule has 0 spiro atoms. The first-order valence-electron chi connectivity index (χ1n) is 8.41. The minimum absolute atomic E-state index is 0.190. The number of ether oxygens (including phenoxy) is 2. The van der Waals surface area contributed by atoms with E-state index in [2.05, 4.69) is 5.32 Å². The van der Waals surface area contributed by atoms with Crippen LogP contribution in [0.1, 0.15) is 31.4 Å². The lowest BCUT2D eigenvalue weighted by molar-refractivity contribution is -0.162. The zero-order valence-electron chi connectivity index (χ0n) is 14.1. The van der Waals surface area contributed by atoms with Gasteiger partial charge in [-0.2, -0.15) is 0 Å². The Kier molecular flexibility index (Phi) is 5.33. The molecule has 0 radical (unpaired) electrons. The lowest BCUT2D eigenvalue weighted by Crippen LogP contribution is -2.36. The van der Waals surface area contributed by atoms with Crippen molar-refractivity contribution in [3.05, 3.63) is 66.2 Å². The Morgan fingerprint density at radius 2 is 1.60 bits per heavy atom. The van der Waals surface area contributed by atoms with Gasteiger partial charge in [0.1, 0.15) is 5.75 Å². The van der Waals surface area contributed by atoms with Gasteiger partial charge in [0, 0.05) is 11.6 Å². The van der Waals surface area contributed by atoms with Gasteiger partial charge in [0.25, 0.3) is 5.91 Å². The zero-order chi connectivity index (χ0) is 17.6. The van der Waals surface area contributed by atoms with Crippen molar-refractivity contribution in [1.82, 2.24) is 5.32 Å². The number of carbonyl (C=O) groups excluding carboxylic acids is 2. The second-order valence-corrected chi connectivity index (χ2v) is 6.08. The first-order valence-corrected chi connectivity index (χ1v) is 8.41. The van der Waals surface area contributed by atoms with Gasteiger partial charge in [-0.05, 0) is 31.9 Å². The molecular weight excluding hydrogens is 318 g/mol. The Hall–Kier alpha value is -2.82. The van der Waals surface area contributed by atoms with E-state index >= 15 is 0 Å². The van der Waals surface area contributed by atoms with Crippen LogP contribution in [0.5, 0.6) is 5.75 Å². The zero-order valence-corrected chi connectivity index (χ0v) is 14.1. The van der Waals surface area contributed by atoms with Crippen molar-refractivity contribution in [3.63, 3.8) is 0 Å². The molecule has 1 saturated carbocycles. The van der Waals surface area contributed by atoms with E-state index in [9.17, 15) is 9.59 Å². The average molecular weight is 339 g/mol. The fourth-order valence-corrected chi connectivity index (χ4v) is 2.37. The number of amides is 1. The van der Waals surface area contributed by atoms with E-state index < -0.39 is 18.2 Å². The van der Waals surface area contributed by atoms with Crippen LogP contribution >= 0.6 is 0 Å². The molecule has 0 unspecified atom stereocenters. The summed E-state index contributed by atoms with van der Waals surface area (Å²) in [5, 5.41) is 2.89. The molecule has 25 heavy (non-hydrogen) atoms. The van der Waals surface area contributed by atoms with Crippen LogP contribution in [0.2, 0.25) is 0 Å². The Labute approximate surface area is 147 Å². The summed E-state index contributed by atoms with van der Waals surface area (Å²) in [5.41, 5.74) is 0.640. The van der Waals surface area contributed by atoms with E-state index in [-0.39, 0.29) is 11.9 Å². The molecule has 0 aliphatic heterocycles. The molecule has 1 N–H and O–H groups in total. The molecule has 2 aromatic carbocycles. The molecule has 2 atom stereocenters. The first kappa shape index (κ1) is 17.0. The number of benzene rings is 2. The maximum atomic E-state index is 12.5. The largest absolute Gasteiger partial charge is 0.479 e. The molecule has 0 bridgehead atoms. The highest BCUT2D eigenvalue weighted by Crippen LogP contribution is 2.24. The molecular formula is C20H21NO4. The van der Waals surface area contributed by atoms with E-state index in [1.54, 1.807) is 31.2 Å². The number of esters is 1. The maximum absolute atomic E-state index is 12.5. The quantitative estimate of drug-likeness (QED) is 0.788. The van der Waals surface area contributed by atoms with Gasteiger partial charge in [-0.25, -0.2) is 4.79 Å². The Balaban J connectivity index is 1.68.